The van der Waals surface area contributed by atoms with Gasteiger partial charge in [0, 0.05) is 17.4 Å². The van der Waals surface area contributed by atoms with Crippen LogP contribution in [-0.4, -0.2) is 0 Å². The number of hydrogen-bond donors (Lipinski definition) is 0. The summed E-state index contributed by atoms with van der Waals surface area (Å²) in [4.78, 5) is 0. The van der Waals surface area contributed by atoms with Crippen molar-refractivity contribution in [1.29, 1.82) is 0 Å². The molecular weight excluding hydrogens is 210 g/mol. The minimum absolute atomic E-state index is 0. The van der Waals surface area contributed by atoms with Crippen molar-refractivity contribution in [1.82, 2.24) is 0 Å². The molecule has 0 spiro atoms. The fourth-order valence-electron chi connectivity index (χ4n) is 0.536. The summed E-state index contributed by atoms with van der Waals surface area (Å²) in [5.41, 5.74) is 0. The van der Waals surface area contributed by atoms with Gasteiger partial charge in [-0.15, -0.1) is 7.87 Å². The van der Waals surface area contributed by atoms with E-state index in [-0.39, 0.29) is 17.4 Å². The summed E-state index contributed by atoms with van der Waals surface area (Å²) in [5, 5.41) is 0. The maximum Gasteiger partial charge on any atom is 0 e. The van der Waals surface area contributed by atoms with Crippen LogP contribution in [0.5, 0.6) is 0 Å². The fourth-order valence-corrected chi connectivity index (χ4v) is 2.26. The first kappa shape index (κ1) is 11.1. The molecule has 58 valence electrons. The van der Waals surface area contributed by atoms with Crippen LogP contribution in [0.15, 0.2) is 48.0 Å². The van der Waals surface area contributed by atoms with Crippen LogP contribution in [0.4, 0.5) is 0 Å². The normalized spacial score (nSPS) is 8.73. The van der Waals surface area contributed by atoms with E-state index in [2.05, 4.69) is 17.7 Å². The second-order valence-electron chi connectivity index (χ2n) is 1.73. The Labute approximate surface area is 81.2 Å². The van der Waals surface area contributed by atoms with Gasteiger partial charge >= 0.3 is 0 Å². The van der Waals surface area contributed by atoms with E-state index in [1.165, 1.54) is 7.87 Å². The van der Waals surface area contributed by atoms with Gasteiger partial charge in [0.1, 0.15) is 0 Å². The van der Waals surface area contributed by atoms with Gasteiger partial charge < -0.3 is 0 Å². The molecular formula is C8H9CrP2-. The largest absolute Gasteiger partial charge is 0.214 e. The van der Waals surface area contributed by atoms with Crippen molar-refractivity contribution in [2.24, 2.45) is 0 Å². The van der Waals surface area contributed by atoms with Gasteiger partial charge in [-0.3, -0.25) is 0 Å². The smallest absolute Gasteiger partial charge is 0 e. The summed E-state index contributed by atoms with van der Waals surface area (Å²) < 4.78 is 0. The molecule has 0 fully saturated rings. The summed E-state index contributed by atoms with van der Waals surface area (Å²) >= 11 is 0. The monoisotopic (exact) mass is 219 g/mol. The molecule has 0 nitrogen and oxygen atoms in total. The van der Waals surface area contributed by atoms with E-state index in [9.17, 15) is 0 Å². The van der Waals surface area contributed by atoms with Crippen LogP contribution < -0.4 is 0 Å². The molecule has 0 saturated heterocycles. The van der Waals surface area contributed by atoms with Crippen molar-refractivity contribution < 1.29 is 17.4 Å². The van der Waals surface area contributed by atoms with E-state index in [0.29, 0.717) is 0 Å². The third-order valence-corrected chi connectivity index (χ3v) is 3.11. The van der Waals surface area contributed by atoms with Gasteiger partial charge in [-0.2, -0.15) is 18.2 Å². The molecule has 1 aromatic heterocycles. The first-order valence-electron chi connectivity index (χ1n) is 3.10. The van der Waals surface area contributed by atoms with E-state index in [1.807, 2.05) is 30.3 Å². The van der Waals surface area contributed by atoms with Crippen molar-refractivity contribution in [2.75, 3.05) is 0 Å². The Morgan fingerprint density at radius 2 is 1.82 bits per heavy atom. The Bertz CT molecular complexity index is 151. The third kappa shape index (κ3) is 6.49. The maximum atomic E-state index is 2.20. The quantitative estimate of drug-likeness (QED) is 0.592. The zero-order chi connectivity index (χ0) is 7.07. The van der Waals surface area contributed by atoms with Crippen LogP contribution >= 0.6 is 15.7 Å². The van der Waals surface area contributed by atoms with Crippen LogP contribution in [0.1, 0.15) is 0 Å². The predicted octanol–water partition coefficient (Wildman–Crippen LogP) is 3.70. The van der Waals surface area contributed by atoms with E-state index in [0.717, 1.165) is 7.87 Å². The number of hydrogen-bond acceptors (Lipinski definition) is 0. The molecule has 1 atom stereocenters. The summed E-state index contributed by atoms with van der Waals surface area (Å²) in [6.07, 6.45) is 0. The summed E-state index contributed by atoms with van der Waals surface area (Å²) in [6, 6.07) is 12.1. The van der Waals surface area contributed by atoms with E-state index >= 15 is 0 Å². The van der Waals surface area contributed by atoms with E-state index in [4.69, 9.17) is 0 Å². The standard InChI is InChI=1S/C5H5.C3H4P2.Cr/c2*1-2-4-5-3-1;/h1-5H;1-4H;/q-1;;. The molecule has 0 amide bonds. The number of rotatable bonds is 0. The van der Waals surface area contributed by atoms with E-state index < -0.39 is 0 Å². The molecule has 0 radical (unpaired) electrons. The van der Waals surface area contributed by atoms with Crippen molar-refractivity contribution in [2.45, 2.75) is 0 Å². The minimum Gasteiger partial charge on any atom is -0.214 e. The molecule has 0 N–H and O–H groups in total. The Hall–Kier alpha value is 0.0925. The van der Waals surface area contributed by atoms with Gasteiger partial charge in [-0.25, -0.2) is 12.1 Å². The molecule has 3 heteroatoms. The topological polar surface area (TPSA) is 0 Å². The van der Waals surface area contributed by atoms with Gasteiger partial charge in [0.25, 0.3) is 0 Å². The molecule has 0 aliphatic rings. The second-order valence-corrected chi connectivity index (χ2v) is 4.43. The molecule has 0 aliphatic carbocycles. The first-order chi connectivity index (χ1) is 5.00. The zero-order valence-electron chi connectivity index (χ0n) is 5.97. The first-order valence-corrected chi connectivity index (χ1v) is 5.99. The van der Waals surface area contributed by atoms with Gasteiger partial charge in [-0.05, 0) is 11.6 Å². The van der Waals surface area contributed by atoms with Gasteiger partial charge in [0.05, 0.1) is 0 Å². The van der Waals surface area contributed by atoms with Gasteiger partial charge in [0.2, 0.25) is 0 Å². The molecule has 2 aromatic rings. The summed E-state index contributed by atoms with van der Waals surface area (Å²) in [7, 11) is 2.53. The average Bonchev–Trinajstić information content (AvgIpc) is 2.67. The van der Waals surface area contributed by atoms with Crippen LogP contribution in [0.25, 0.3) is 0 Å². The summed E-state index contributed by atoms with van der Waals surface area (Å²) in [6.45, 7) is 0. The maximum absolute atomic E-state index is 2.20. The molecule has 0 saturated carbocycles. The molecule has 0 aliphatic heterocycles. The molecule has 1 heterocycles. The van der Waals surface area contributed by atoms with E-state index in [1.54, 1.807) is 0 Å². The summed E-state index contributed by atoms with van der Waals surface area (Å²) in [5.74, 6) is 4.36. The molecule has 1 aromatic carbocycles. The van der Waals surface area contributed by atoms with Gasteiger partial charge in [0.15, 0.2) is 0 Å². The van der Waals surface area contributed by atoms with Crippen LogP contribution in [0.3, 0.4) is 0 Å². The minimum atomic E-state index is 0. The fraction of sp³-hybridized carbons (Fsp3) is 0. The van der Waals surface area contributed by atoms with Crippen molar-refractivity contribution in [3.63, 3.8) is 0 Å². The van der Waals surface area contributed by atoms with Crippen LogP contribution in [0.2, 0.25) is 0 Å². The third-order valence-electron chi connectivity index (χ3n) is 0.961. The SMILES string of the molecule is [Cr].c1cc[cH-]c1.c1cp[pH]c1. The zero-order valence-corrected chi connectivity index (χ0v) is 9.14. The van der Waals surface area contributed by atoms with Crippen molar-refractivity contribution in [3.05, 3.63) is 48.0 Å². The average molecular weight is 219 g/mol. The van der Waals surface area contributed by atoms with Crippen molar-refractivity contribution in [3.8, 4) is 0 Å². The van der Waals surface area contributed by atoms with Crippen LogP contribution in [0, 0.1) is 0 Å². The second kappa shape index (κ2) is 8.19. The van der Waals surface area contributed by atoms with Crippen LogP contribution in [-0.2, 0) is 17.4 Å². The Balaban J connectivity index is 0.000000167. The van der Waals surface area contributed by atoms with Crippen molar-refractivity contribution >= 4 is 15.7 Å². The molecule has 2 rings (SSSR count). The molecule has 0 bridgehead atoms. The molecule has 11 heavy (non-hydrogen) atoms. The molecule has 1 unspecified atom stereocenters. The Morgan fingerprint density at radius 1 is 1.09 bits per heavy atom. The predicted molar refractivity (Wildman–Crippen MR) is 50.5 cm³/mol. The van der Waals surface area contributed by atoms with Gasteiger partial charge in [-0.1, -0.05) is 13.9 Å². The Kier molecular flexibility index (Phi) is 8.26. The Morgan fingerprint density at radius 3 is 2.00 bits per heavy atom.